The van der Waals surface area contributed by atoms with Crippen LogP contribution in [0.1, 0.15) is 38.7 Å². The number of carbonyl (C=O) groups is 2. The van der Waals surface area contributed by atoms with Crippen LogP contribution < -0.4 is 5.32 Å². The fraction of sp³-hybridized carbons (Fsp3) is 0.467. The molecule has 0 unspecified atom stereocenters. The van der Waals surface area contributed by atoms with Crippen molar-refractivity contribution in [2.24, 2.45) is 5.92 Å². The Morgan fingerprint density at radius 1 is 1.38 bits per heavy atom. The van der Waals surface area contributed by atoms with Crippen LogP contribution in [0.15, 0.2) is 18.2 Å². The molecule has 2 atom stereocenters. The second-order valence-corrected chi connectivity index (χ2v) is 6.56. The van der Waals surface area contributed by atoms with Gasteiger partial charge in [-0.2, -0.15) is 0 Å². The fourth-order valence-electron chi connectivity index (χ4n) is 2.12. The summed E-state index contributed by atoms with van der Waals surface area (Å²) in [6.45, 7) is 5.31. The van der Waals surface area contributed by atoms with Crippen molar-refractivity contribution >= 4 is 29.4 Å². The Labute approximate surface area is 128 Å². The standard InChI is InChI=1S/C15H18ClNO4/c1-15(2,3)21-14(20)17-12-6-8(4-5-11(12)16)9-7-10(9)13(18)19/h4-6,9-10H,7H2,1-3H3,(H,17,20)(H,18,19)/t9-,10+/m0/s1. The van der Waals surface area contributed by atoms with Crippen LogP contribution in [0.2, 0.25) is 5.02 Å². The third kappa shape index (κ3) is 4.11. The zero-order chi connectivity index (χ0) is 15.8. The van der Waals surface area contributed by atoms with E-state index in [2.05, 4.69) is 5.32 Å². The van der Waals surface area contributed by atoms with E-state index >= 15 is 0 Å². The van der Waals surface area contributed by atoms with Crippen LogP contribution in [0.25, 0.3) is 0 Å². The molecule has 1 aromatic carbocycles. The zero-order valence-corrected chi connectivity index (χ0v) is 12.9. The molecule has 21 heavy (non-hydrogen) atoms. The normalized spacial score (nSPS) is 20.8. The average molecular weight is 312 g/mol. The molecule has 0 bridgehead atoms. The summed E-state index contributed by atoms with van der Waals surface area (Å²) in [5, 5.41) is 11.9. The third-order valence-corrected chi connectivity index (χ3v) is 3.49. The second kappa shape index (κ2) is 5.56. The first-order valence-electron chi connectivity index (χ1n) is 6.69. The van der Waals surface area contributed by atoms with E-state index in [1.807, 2.05) is 0 Å². The monoisotopic (exact) mass is 311 g/mol. The fourth-order valence-corrected chi connectivity index (χ4v) is 2.28. The summed E-state index contributed by atoms with van der Waals surface area (Å²) < 4.78 is 5.17. The predicted molar refractivity (Wildman–Crippen MR) is 79.8 cm³/mol. The zero-order valence-electron chi connectivity index (χ0n) is 12.1. The van der Waals surface area contributed by atoms with E-state index < -0.39 is 17.7 Å². The maximum absolute atomic E-state index is 11.8. The highest BCUT2D eigenvalue weighted by Gasteiger charge is 2.44. The molecule has 1 saturated carbocycles. The van der Waals surface area contributed by atoms with Gasteiger partial charge in [0.05, 0.1) is 16.6 Å². The molecule has 0 spiro atoms. The highest BCUT2D eigenvalue weighted by atomic mass is 35.5. The van der Waals surface area contributed by atoms with Crippen LogP contribution in [0.4, 0.5) is 10.5 Å². The van der Waals surface area contributed by atoms with Crippen LogP contribution in [-0.4, -0.2) is 22.8 Å². The number of halogens is 1. The molecule has 2 N–H and O–H groups in total. The molecule has 114 valence electrons. The number of carbonyl (C=O) groups excluding carboxylic acids is 1. The predicted octanol–water partition coefficient (Wildman–Crippen LogP) is 3.88. The van der Waals surface area contributed by atoms with E-state index in [9.17, 15) is 9.59 Å². The third-order valence-electron chi connectivity index (χ3n) is 3.16. The number of amides is 1. The molecule has 1 aliphatic carbocycles. The Morgan fingerprint density at radius 3 is 2.57 bits per heavy atom. The van der Waals surface area contributed by atoms with Gasteiger partial charge in [0.1, 0.15) is 5.60 Å². The molecule has 0 radical (unpaired) electrons. The molecule has 1 aromatic rings. The number of anilines is 1. The first-order valence-corrected chi connectivity index (χ1v) is 7.07. The summed E-state index contributed by atoms with van der Waals surface area (Å²) in [4.78, 5) is 22.7. The summed E-state index contributed by atoms with van der Waals surface area (Å²) in [5.74, 6) is -1.16. The van der Waals surface area contributed by atoms with Crippen molar-refractivity contribution in [1.29, 1.82) is 0 Å². The van der Waals surface area contributed by atoms with Gasteiger partial charge in [0.2, 0.25) is 0 Å². The van der Waals surface area contributed by atoms with Crippen molar-refractivity contribution in [2.75, 3.05) is 5.32 Å². The first-order chi connectivity index (χ1) is 9.67. The quantitative estimate of drug-likeness (QED) is 0.888. The first kappa shape index (κ1) is 15.6. The summed E-state index contributed by atoms with van der Waals surface area (Å²) in [6, 6.07) is 5.15. The Morgan fingerprint density at radius 2 is 2.05 bits per heavy atom. The molecule has 1 amide bonds. The van der Waals surface area contributed by atoms with Gasteiger partial charge in [-0.3, -0.25) is 10.1 Å². The van der Waals surface area contributed by atoms with Gasteiger partial charge in [-0.05, 0) is 50.8 Å². The van der Waals surface area contributed by atoms with E-state index in [0.29, 0.717) is 17.1 Å². The molecular weight excluding hydrogens is 294 g/mol. The lowest BCUT2D eigenvalue weighted by atomic mass is 10.1. The van der Waals surface area contributed by atoms with Crippen molar-refractivity contribution in [3.63, 3.8) is 0 Å². The topological polar surface area (TPSA) is 75.6 Å². The minimum absolute atomic E-state index is 0.0149. The van der Waals surface area contributed by atoms with Gasteiger partial charge in [0.25, 0.3) is 0 Å². The molecule has 0 aliphatic heterocycles. The molecule has 5 nitrogen and oxygen atoms in total. The largest absolute Gasteiger partial charge is 0.481 e. The Kier molecular flexibility index (Phi) is 4.14. The number of hydrogen-bond acceptors (Lipinski definition) is 3. The van der Waals surface area contributed by atoms with E-state index in [1.54, 1.807) is 39.0 Å². The van der Waals surface area contributed by atoms with Crippen molar-refractivity contribution in [1.82, 2.24) is 0 Å². The smallest absolute Gasteiger partial charge is 0.412 e. The second-order valence-electron chi connectivity index (χ2n) is 6.15. The lowest BCUT2D eigenvalue weighted by Gasteiger charge is -2.20. The van der Waals surface area contributed by atoms with Gasteiger partial charge < -0.3 is 9.84 Å². The number of aliphatic carboxylic acids is 1. The number of nitrogens with one attached hydrogen (secondary N) is 1. The lowest BCUT2D eigenvalue weighted by Crippen LogP contribution is -2.27. The Bertz CT molecular complexity index is 580. The van der Waals surface area contributed by atoms with Crippen LogP contribution in [0.5, 0.6) is 0 Å². The molecular formula is C15H18ClNO4. The van der Waals surface area contributed by atoms with Crippen molar-refractivity contribution in [2.45, 2.75) is 38.7 Å². The van der Waals surface area contributed by atoms with Crippen LogP contribution in [-0.2, 0) is 9.53 Å². The minimum atomic E-state index is -0.795. The molecule has 0 heterocycles. The van der Waals surface area contributed by atoms with Crippen LogP contribution in [0.3, 0.4) is 0 Å². The van der Waals surface area contributed by atoms with Gasteiger partial charge in [-0.1, -0.05) is 17.7 Å². The number of ether oxygens (including phenoxy) is 1. The van der Waals surface area contributed by atoms with Gasteiger partial charge in [0.15, 0.2) is 0 Å². The summed E-state index contributed by atoms with van der Waals surface area (Å²) in [7, 11) is 0. The highest BCUT2D eigenvalue weighted by molar-refractivity contribution is 6.33. The molecule has 6 heteroatoms. The van der Waals surface area contributed by atoms with Crippen LogP contribution >= 0.6 is 11.6 Å². The molecule has 2 rings (SSSR count). The molecule has 0 aromatic heterocycles. The molecule has 1 fully saturated rings. The highest BCUT2D eigenvalue weighted by Crippen LogP contribution is 2.48. The van der Waals surface area contributed by atoms with Gasteiger partial charge >= 0.3 is 12.1 Å². The van der Waals surface area contributed by atoms with Gasteiger partial charge in [-0.25, -0.2) is 4.79 Å². The lowest BCUT2D eigenvalue weighted by molar-refractivity contribution is -0.138. The van der Waals surface area contributed by atoms with Crippen molar-refractivity contribution in [3.8, 4) is 0 Å². The Balaban J connectivity index is 2.10. The van der Waals surface area contributed by atoms with E-state index in [1.165, 1.54) is 0 Å². The van der Waals surface area contributed by atoms with Crippen molar-refractivity contribution in [3.05, 3.63) is 28.8 Å². The van der Waals surface area contributed by atoms with E-state index in [0.717, 1.165) is 5.56 Å². The Hall–Kier alpha value is -1.75. The summed E-state index contributed by atoms with van der Waals surface area (Å²) in [6.07, 6.45) is 0.0233. The van der Waals surface area contributed by atoms with Crippen molar-refractivity contribution < 1.29 is 19.4 Å². The number of carboxylic acid groups (broad SMARTS) is 1. The molecule has 1 aliphatic rings. The summed E-state index contributed by atoms with van der Waals surface area (Å²) in [5.41, 5.74) is 0.691. The van der Waals surface area contributed by atoms with E-state index in [-0.39, 0.29) is 11.8 Å². The van der Waals surface area contributed by atoms with Gasteiger partial charge in [-0.15, -0.1) is 0 Å². The average Bonchev–Trinajstić information content (AvgIpc) is 3.09. The summed E-state index contributed by atoms with van der Waals surface area (Å²) >= 11 is 6.05. The van der Waals surface area contributed by atoms with E-state index in [4.69, 9.17) is 21.4 Å². The number of hydrogen-bond donors (Lipinski definition) is 2. The maximum Gasteiger partial charge on any atom is 0.412 e. The minimum Gasteiger partial charge on any atom is -0.481 e. The SMILES string of the molecule is CC(C)(C)OC(=O)Nc1cc([C@@H]2C[C@H]2C(=O)O)ccc1Cl. The van der Waals surface area contributed by atoms with Gasteiger partial charge in [0, 0.05) is 0 Å². The van der Waals surface area contributed by atoms with Crippen LogP contribution in [0, 0.1) is 5.92 Å². The molecule has 0 saturated heterocycles. The number of carboxylic acids is 1. The maximum atomic E-state index is 11.8. The number of rotatable bonds is 3. The number of benzene rings is 1.